The van der Waals surface area contributed by atoms with Crippen LogP contribution in [0.5, 0.6) is 0 Å². The lowest BCUT2D eigenvalue weighted by atomic mass is 10.0. The molecule has 0 aliphatic heterocycles. The van der Waals surface area contributed by atoms with Gasteiger partial charge in [-0.25, -0.2) is 15.0 Å². The van der Waals surface area contributed by atoms with E-state index in [1.807, 2.05) is 36.4 Å². The van der Waals surface area contributed by atoms with Crippen LogP contribution in [-0.4, -0.2) is 19.5 Å². The van der Waals surface area contributed by atoms with Crippen LogP contribution in [0.4, 0.5) is 0 Å². The van der Waals surface area contributed by atoms with Gasteiger partial charge >= 0.3 is 0 Å². The molecule has 2 aromatic heterocycles. The molecule has 55 heavy (non-hydrogen) atoms. The summed E-state index contributed by atoms with van der Waals surface area (Å²) in [6.45, 7) is 0. The summed E-state index contributed by atoms with van der Waals surface area (Å²) < 4.78 is 2.39. The Balaban J connectivity index is 1.08. The van der Waals surface area contributed by atoms with Gasteiger partial charge in [0.25, 0.3) is 0 Å². The third kappa shape index (κ3) is 6.16. The van der Waals surface area contributed by atoms with Gasteiger partial charge in [-0.05, 0) is 63.7 Å². The van der Waals surface area contributed by atoms with Crippen LogP contribution in [0.15, 0.2) is 206 Å². The number of aromatic nitrogens is 4. The van der Waals surface area contributed by atoms with E-state index in [-0.39, 0.29) is 0 Å². The van der Waals surface area contributed by atoms with Crippen LogP contribution in [0.25, 0.3) is 95.0 Å². The smallest absolute Gasteiger partial charge is 0.164 e. The molecule has 4 heteroatoms. The maximum Gasteiger partial charge on any atom is 0.164 e. The van der Waals surface area contributed by atoms with Crippen molar-refractivity contribution in [2.75, 3.05) is 0 Å². The van der Waals surface area contributed by atoms with Crippen molar-refractivity contribution in [1.82, 2.24) is 19.5 Å². The molecule has 0 aliphatic rings. The van der Waals surface area contributed by atoms with E-state index >= 15 is 0 Å². The van der Waals surface area contributed by atoms with Gasteiger partial charge in [-0.15, -0.1) is 0 Å². The number of nitrogens with zero attached hydrogens (tertiary/aromatic N) is 4. The van der Waals surface area contributed by atoms with Crippen molar-refractivity contribution >= 4 is 21.8 Å². The second-order valence-electron chi connectivity index (χ2n) is 13.7. The predicted octanol–water partition coefficient (Wildman–Crippen LogP) is 13.0. The van der Waals surface area contributed by atoms with Gasteiger partial charge in [0.2, 0.25) is 0 Å². The zero-order valence-electron chi connectivity index (χ0n) is 29.9. The zero-order chi connectivity index (χ0) is 36.6. The van der Waals surface area contributed by atoms with Crippen LogP contribution in [-0.2, 0) is 0 Å². The molecule has 258 valence electrons. The number of hydrogen-bond acceptors (Lipinski definition) is 3. The van der Waals surface area contributed by atoms with E-state index in [0.717, 1.165) is 44.6 Å². The first-order valence-corrected chi connectivity index (χ1v) is 18.5. The Labute approximate surface area is 319 Å². The summed E-state index contributed by atoms with van der Waals surface area (Å²) in [6.07, 6.45) is 0. The summed E-state index contributed by atoms with van der Waals surface area (Å²) in [4.78, 5) is 15.1. The van der Waals surface area contributed by atoms with Crippen LogP contribution >= 0.6 is 0 Å². The van der Waals surface area contributed by atoms with Gasteiger partial charge in [0.05, 0.1) is 11.0 Å². The maximum atomic E-state index is 5.08. The van der Waals surface area contributed by atoms with E-state index in [4.69, 9.17) is 15.0 Å². The minimum Gasteiger partial charge on any atom is -0.309 e. The second kappa shape index (κ2) is 13.8. The minimum absolute atomic E-state index is 0.630. The lowest BCUT2D eigenvalue weighted by molar-refractivity contribution is 1.07. The molecule has 0 spiro atoms. The normalized spacial score (nSPS) is 11.3. The molecule has 8 aromatic carbocycles. The maximum absolute atomic E-state index is 5.08. The number of benzene rings is 8. The molecular weight excluding hydrogens is 669 g/mol. The largest absolute Gasteiger partial charge is 0.309 e. The minimum atomic E-state index is 0.630. The van der Waals surface area contributed by atoms with Crippen LogP contribution in [0.2, 0.25) is 0 Å². The summed E-state index contributed by atoms with van der Waals surface area (Å²) in [5.41, 5.74) is 13.2. The van der Waals surface area contributed by atoms with E-state index in [0.29, 0.717) is 17.5 Å². The Morgan fingerprint density at radius 2 is 0.673 bits per heavy atom. The highest BCUT2D eigenvalue weighted by Gasteiger charge is 2.16. The quantitative estimate of drug-likeness (QED) is 0.166. The Kier molecular flexibility index (Phi) is 8.12. The molecule has 0 atom stereocenters. The van der Waals surface area contributed by atoms with E-state index in [9.17, 15) is 0 Å². The summed E-state index contributed by atoms with van der Waals surface area (Å²) in [7, 11) is 0. The van der Waals surface area contributed by atoms with E-state index in [1.54, 1.807) is 0 Å². The van der Waals surface area contributed by atoms with Crippen molar-refractivity contribution in [3.8, 4) is 73.2 Å². The molecule has 2 heterocycles. The number of fused-ring (bicyclic) bond motifs is 3. The molecule has 0 amide bonds. The fraction of sp³-hybridized carbons (Fsp3) is 0. The fourth-order valence-corrected chi connectivity index (χ4v) is 7.51. The van der Waals surface area contributed by atoms with Crippen molar-refractivity contribution in [2.24, 2.45) is 0 Å². The molecule has 0 saturated carbocycles. The van der Waals surface area contributed by atoms with Crippen LogP contribution in [0.1, 0.15) is 0 Å². The van der Waals surface area contributed by atoms with Gasteiger partial charge in [0.15, 0.2) is 17.5 Å². The van der Waals surface area contributed by atoms with Gasteiger partial charge in [-0.1, -0.05) is 176 Å². The highest BCUT2D eigenvalue weighted by molar-refractivity contribution is 6.10. The van der Waals surface area contributed by atoms with Crippen LogP contribution < -0.4 is 0 Å². The first-order valence-electron chi connectivity index (χ1n) is 18.5. The topological polar surface area (TPSA) is 43.6 Å². The Morgan fingerprint density at radius 3 is 1.36 bits per heavy atom. The average molecular weight is 703 g/mol. The average Bonchev–Trinajstić information content (AvgIpc) is 3.61. The number of para-hydroxylation sites is 1. The van der Waals surface area contributed by atoms with E-state index in [1.165, 1.54) is 33.0 Å². The standard InChI is InChI=1S/C51H34N4/c1-4-14-35(15-5-1)37-26-28-39(29-27-37)50-52-49(38-18-8-3-9-19-38)53-51(54-50)43-22-12-20-40(32-43)42-30-31-46-45-24-10-11-25-47(45)55(48(46)34-42)44-23-13-21-41(33-44)36-16-6-2-7-17-36/h1-34H. The van der Waals surface area contributed by atoms with Gasteiger partial charge in [-0.3, -0.25) is 0 Å². The molecule has 0 bridgehead atoms. The molecule has 0 aliphatic carbocycles. The third-order valence-corrected chi connectivity index (χ3v) is 10.3. The molecule has 10 aromatic rings. The molecular formula is C51H34N4. The number of hydrogen-bond donors (Lipinski definition) is 0. The molecule has 10 rings (SSSR count). The summed E-state index contributed by atoms with van der Waals surface area (Å²) >= 11 is 0. The first kappa shape index (κ1) is 32.2. The van der Waals surface area contributed by atoms with Crippen molar-refractivity contribution in [3.05, 3.63) is 206 Å². The third-order valence-electron chi connectivity index (χ3n) is 10.3. The molecule has 4 nitrogen and oxygen atoms in total. The molecule has 0 N–H and O–H groups in total. The van der Waals surface area contributed by atoms with Gasteiger partial charge in [0.1, 0.15) is 0 Å². The van der Waals surface area contributed by atoms with Gasteiger partial charge in [0, 0.05) is 33.2 Å². The summed E-state index contributed by atoms with van der Waals surface area (Å²) in [5, 5.41) is 2.44. The first-order chi connectivity index (χ1) is 27.2. The SMILES string of the molecule is c1ccc(-c2ccc(-c3nc(-c4ccccc4)nc(-c4cccc(-c5ccc6c7ccccc7n(-c7cccc(-c8ccccc8)c7)c6c5)c4)n3)cc2)cc1. The summed E-state index contributed by atoms with van der Waals surface area (Å²) in [6, 6.07) is 72.3. The van der Waals surface area contributed by atoms with Crippen LogP contribution in [0, 0.1) is 0 Å². The molecule has 0 radical (unpaired) electrons. The highest BCUT2D eigenvalue weighted by atomic mass is 15.0. The van der Waals surface area contributed by atoms with Gasteiger partial charge in [-0.2, -0.15) is 0 Å². The van der Waals surface area contributed by atoms with Gasteiger partial charge < -0.3 is 4.57 Å². The fourth-order valence-electron chi connectivity index (χ4n) is 7.51. The molecule has 0 fully saturated rings. The summed E-state index contributed by atoms with van der Waals surface area (Å²) in [5.74, 6) is 1.91. The Morgan fingerprint density at radius 1 is 0.255 bits per heavy atom. The Bertz CT molecular complexity index is 2950. The van der Waals surface area contributed by atoms with E-state index < -0.39 is 0 Å². The monoisotopic (exact) mass is 702 g/mol. The Hall–Kier alpha value is -7.43. The van der Waals surface area contributed by atoms with Crippen molar-refractivity contribution < 1.29 is 0 Å². The molecule has 0 saturated heterocycles. The zero-order valence-corrected chi connectivity index (χ0v) is 29.9. The molecule has 0 unspecified atom stereocenters. The number of rotatable bonds is 7. The lowest BCUT2D eigenvalue weighted by Crippen LogP contribution is -2.00. The van der Waals surface area contributed by atoms with Crippen molar-refractivity contribution in [2.45, 2.75) is 0 Å². The van der Waals surface area contributed by atoms with E-state index in [2.05, 4.69) is 174 Å². The van der Waals surface area contributed by atoms with Crippen molar-refractivity contribution in [1.29, 1.82) is 0 Å². The predicted molar refractivity (Wildman–Crippen MR) is 227 cm³/mol. The second-order valence-corrected chi connectivity index (χ2v) is 13.7. The van der Waals surface area contributed by atoms with Crippen molar-refractivity contribution in [3.63, 3.8) is 0 Å². The lowest BCUT2D eigenvalue weighted by Gasteiger charge is -2.12. The highest BCUT2D eigenvalue weighted by Crippen LogP contribution is 2.37. The van der Waals surface area contributed by atoms with Crippen LogP contribution in [0.3, 0.4) is 0 Å².